The smallest absolute Gasteiger partial charge is 0.107 e. The normalized spacial score (nSPS) is 17.9. The summed E-state index contributed by atoms with van der Waals surface area (Å²) in [5.41, 5.74) is 8.30. The Morgan fingerprint density at radius 1 is 1.29 bits per heavy atom. The molecule has 3 heteroatoms. The Morgan fingerprint density at radius 2 is 2.00 bits per heavy atom. The van der Waals surface area contributed by atoms with Crippen LogP contribution in [0.25, 0.3) is 0 Å². The number of hydrogen-bond donors (Lipinski definition) is 2. The van der Waals surface area contributed by atoms with Gasteiger partial charge in [0.1, 0.15) is 5.82 Å². The molecule has 3 N–H and O–H groups in total. The molecule has 2 rings (SSSR count). The summed E-state index contributed by atoms with van der Waals surface area (Å²) < 4.78 is 0. The molecule has 0 radical (unpaired) electrons. The van der Waals surface area contributed by atoms with Crippen LogP contribution in [-0.2, 0) is 6.42 Å². The summed E-state index contributed by atoms with van der Waals surface area (Å²) in [6, 6.07) is 0. The fourth-order valence-electron chi connectivity index (χ4n) is 2.85. The number of H-pyrrole nitrogens is 1. The van der Waals surface area contributed by atoms with Crippen LogP contribution in [0.4, 0.5) is 0 Å². The minimum absolute atomic E-state index is 0.509. The van der Waals surface area contributed by atoms with E-state index in [0.717, 1.165) is 12.2 Å². The second-order valence-corrected chi connectivity index (χ2v) is 5.51. The summed E-state index contributed by atoms with van der Waals surface area (Å²) in [5, 5.41) is 0. The van der Waals surface area contributed by atoms with Crippen LogP contribution in [0.15, 0.2) is 0 Å². The predicted octanol–water partition coefficient (Wildman–Crippen LogP) is 3.08. The summed E-state index contributed by atoms with van der Waals surface area (Å²) in [6.07, 6.45) is 7.65. The fraction of sp³-hybridized carbons (Fsp3) is 0.786. The van der Waals surface area contributed by atoms with Crippen molar-refractivity contribution in [2.75, 3.05) is 6.54 Å². The molecule has 0 aliphatic heterocycles. The largest absolute Gasteiger partial charge is 0.345 e. The van der Waals surface area contributed by atoms with Crippen molar-refractivity contribution < 1.29 is 0 Å². The molecular formula is C14H25N3. The predicted molar refractivity (Wildman–Crippen MR) is 71.3 cm³/mol. The van der Waals surface area contributed by atoms with E-state index in [1.165, 1.54) is 43.5 Å². The molecule has 0 aromatic carbocycles. The van der Waals surface area contributed by atoms with Crippen molar-refractivity contribution in [2.45, 2.75) is 64.2 Å². The third-order valence-corrected chi connectivity index (χ3v) is 3.75. The highest BCUT2D eigenvalue weighted by atomic mass is 14.9. The van der Waals surface area contributed by atoms with Gasteiger partial charge in [-0.25, -0.2) is 4.98 Å². The molecule has 96 valence electrons. The average Bonchev–Trinajstić information content (AvgIpc) is 2.75. The van der Waals surface area contributed by atoms with E-state index in [2.05, 4.69) is 18.8 Å². The van der Waals surface area contributed by atoms with Crippen molar-refractivity contribution in [3.63, 3.8) is 0 Å². The molecule has 1 aliphatic carbocycles. The number of rotatable bonds is 4. The lowest BCUT2D eigenvalue weighted by molar-refractivity contribution is 0.434. The summed E-state index contributed by atoms with van der Waals surface area (Å²) in [5.74, 6) is 2.30. The van der Waals surface area contributed by atoms with Crippen LogP contribution in [0.5, 0.6) is 0 Å². The SMILES string of the molecule is CC(C)c1nc(CCN)[nH]c1C1CCCCC1. The number of nitrogens with one attached hydrogen (secondary N) is 1. The Hall–Kier alpha value is -0.830. The Kier molecular flexibility index (Phi) is 4.21. The molecule has 0 atom stereocenters. The van der Waals surface area contributed by atoms with Gasteiger partial charge in [-0.3, -0.25) is 0 Å². The number of aromatic amines is 1. The minimum Gasteiger partial charge on any atom is -0.345 e. The van der Waals surface area contributed by atoms with Crippen LogP contribution in [0.2, 0.25) is 0 Å². The lowest BCUT2D eigenvalue weighted by atomic mass is 9.85. The molecule has 1 heterocycles. The maximum absolute atomic E-state index is 5.61. The summed E-state index contributed by atoms with van der Waals surface area (Å²) >= 11 is 0. The van der Waals surface area contributed by atoms with E-state index >= 15 is 0 Å². The van der Waals surface area contributed by atoms with Gasteiger partial charge in [-0.15, -0.1) is 0 Å². The molecule has 1 fully saturated rings. The first-order valence-electron chi connectivity index (χ1n) is 7.01. The van der Waals surface area contributed by atoms with Gasteiger partial charge in [-0.1, -0.05) is 33.1 Å². The first kappa shape index (κ1) is 12.6. The maximum Gasteiger partial charge on any atom is 0.107 e. The van der Waals surface area contributed by atoms with Crippen molar-refractivity contribution in [1.29, 1.82) is 0 Å². The van der Waals surface area contributed by atoms with Gasteiger partial charge in [-0.2, -0.15) is 0 Å². The second-order valence-electron chi connectivity index (χ2n) is 5.51. The van der Waals surface area contributed by atoms with Gasteiger partial charge < -0.3 is 10.7 Å². The van der Waals surface area contributed by atoms with Gasteiger partial charge in [0.25, 0.3) is 0 Å². The molecule has 0 spiro atoms. The fourth-order valence-corrected chi connectivity index (χ4v) is 2.85. The zero-order chi connectivity index (χ0) is 12.3. The zero-order valence-electron chi connectivity index (χ0n) is 11.1. The summed E-state index contributed by atoms with van der Waals surface area (Å²) in [6.45, 7) is 5.14. The monoisotopic (exact) mass is 235 g/mol. The molecular weight excluding hydrogens is 210 g/mol. The Balaban J connectivity index is 2.23. The summed E-state index contributed by atoms with van der Waals surface area (Å²) in [4.78, 5) is 8.28. The van der Waals surface area contributed by atoms with E-state index < -0.39 is 0 Å². The van der Waals surface area contributed by atoms with E-state index in [-0.39, 0.29) is 0 Å². The lowest BCUT2D eigenvalue weighted by Crippen LogP contribution is -2.08. The third kappa shape index (κ3) is 2.89. The first-order valence-corrected chi connectivity index (χ1v) is 7.01. The van der Waals surface area contributed by atoms with E-state index in [4.69, 9.17) is 10.7 Å². The molecule has 1 saturated carbocycles. The van der Waals surface area contributed by atoms with Crippen LogP contribution in [0.1, 0.15) is 75.0 Å². The van der Waals surface area contributed by atoms with Gasteiger partial charge in [0.2, 0.25) is 0 Å². The topological polar surface area (TPSA) is 54.7 Å². The van der Waals surface area contributed by atoms with Gasteiger partial charge in [0.05, 0.1) is 5.69 Å². The highest BCUT2D eigenvalue weighted by Gasteiger charge is 2.23. The van der Waals surface area contributed by atoms with Crippen molar-refractivity contribution in [1.82, 2.24) is 9.97 Å². The third-order valence-electron chi connectivity index (χ3n) is 3.75. The quantitative estimate of drug-likeness (QED) is 0.842. The molecule has 17 heavy (non-hydrogen) atoms. The number of aromatic nitrogens is 2. The van der Waals surface area contributed by atoms with Crippen LogP contribution >= 0.6 is 0 Å². The van der Waals surface area contributed by atoms with Crippen LogP contribution in [-0.4, -0.2) is 16.5 Å². The van der Waals surface area contributed by atoms with Gasteiger partial charge in [0.15, 0.2) is 0 Å². The molecule has 3 nitrogen and oxygen atoms in total. The average molecular weight is 235 g/mol. The lowest BCUT2D eigenvalue weighted by Gasteiger charge is -2.22. The van der Waals surface area contributed by atoms with E-state index in [0.29, 0.717) is 18.4 Å². The maximum atomic E-state index is 5.61. The standard InChI is InChI=1S/C14H25N3/c1-10(2)13-14(11-6-4-3-5-7-11)17-12(16-13)8-9-15/h10-11H,3-9,15H2,1-2H3,(H,16,17). The number of nitrogens with two attached hydrogens (primary N) is 1. The minimum atomic E-state index is 0.509. The van der Waals surface area contributed by atoms with Crippen LogP contribution in [0, 0.1) is 0 Å². The van der Waals surface area contributed by atoms with Gasteiger partial charge >= 0.3 is 0 Å². The highest BCUT2D eigenvalue weighted by molar-refractivity contribution is 5.23. The van der Waals surface area contributed by atoms with Crippen molar-refractivity contribution in [3.8, 4) is 0 Å². The highest BCUT2D eigenvalue weighted by Crippen LogP contribution is 2.35. The molecule has 0 saturated heterocycles. The van der Waals surface area contributed by atoms with Crippen molar-refractivity contribution >= 4 is 0 Å². The summed E-state index contributed by atoms with van der Waals surface area (Å²) in [7, 11) is 0. The van der Waals surface area contributed by atoms with Crippen LogP contribution < -0.4 is 5.73 Å². The first-order chi connectivity index (χ1) is 8.22. The molecule has 0 amide bonds. The molecule has 1 aromatic heterocycles. The number of nitrogens with zero attached hydrogens (tertiary/aromatic N) is 1. The molecule has 1 aliphatic rings. The Bertz CT molecular complexity index is 348. The van der Waals surface area contributed by atoms with Gasteiger partial charge in [0, 0.05) is 18.0 Å². The molecule has 1 aromatic rings. The number of hydrogen-bond acceptors (Lipinski definition) is 2. The van der Waals surface area contributed by atoms with E-state index in [1.807, 2.05) is 0 Å². The Morgan fingerprint density at radius 3 is 2.59 bits per heavy atom. The van der Waals surface area contributed by atoms with Crippen molar-refractivity contribution in [2.24, 2.45) is 5.73 Å². The van der Waals surface area contributed by atoms with Gasteiger partial charge in [-0.05, 0) is 25.3 Å². The molecule has 0 bridgehead atoms. The Labute approximate surface area is 104 Å². The second kappa shape index (κ2) is 5.67. The number of imidazole rings is 1. The van der Waals surface area contributed by atoms with E-state index in [1.54, 1.807) is 0 Å². The van der Waals surface area contributed by atoms with E-state index in [9.17, 15) is 0 Å². The molecule has 0 unspecified atom stereocenters. The van der Waals surface area contributed by atoms with Crippen LogP contribution in [0.3, 0.4) is 0 Å². The zero-order valence-corrected chi connectivity index (χ0v) is 11.1. The van der Waals surface area contributed by atoms with Crippen molar-refractivity contribution in [3.05, 3.63) is 17.2 Å².